The van der Waals surface area contributed by atoms with Crippen LogP contribution in [0.15, 0.2) is 12.2 Å². The van der Waals surface area contributed by atoms with Crippen LogP contribution in [0.3, 0.4) is 0 Å². The van der Waals surface area contributed by atoms with Gasteiger partial charge in [-0.25, -0.2) is 0 Å². The molecule has 0 saturated heterocycles. The Hall–Kier alpha value is -1.12. The Morgan fingerprint density at radius 1 is 1.62 bits per heavy atom. The van der Waals surface area contributed by atoms with Gasteiger partial charge in [0.25, 0.3) is 0 Å². The van der Waals surface area contributed by atoms with E-state index in [1.807, 2.05) is 26.0 Å². The summed E-state index contributed by atoms with van der Waals surface area (Å²) in [7, 11) is 0. The zero-order valence-corrected chi connectivity index (χ0v) is 8.21. The van der Waals surface area contributed by atoms with Gasteiger partial charge in [0.2, 0.25) is 0 Å². The molecule has 3 nitrogen and oxygen atoms in total. The minimum absolute atomic E-state index is 0.135. The van der Waals surface area contributed by atoms with E-state index in [2.05, 4.69) is 0 Å². The summed E-state index contributed by atoms with van der Waals surface area (Å²) in [5.41, 5.74) is 0.292. The van der Waals surface area contributed by atoms with Crippen LogP contribution in [0.25, 0.3) is 0 Å². The predicted molar refractivity (Wildman–Crippen MR) is 53.2 cm³/mol. The van der Waals surface area contributed by atoms with E-state index in [-0.39, 0.29) is 12.3 Å². The molecule has 0 spiro atoms. The monoisotopic (exact) mass is 183 g/mol. The van der Waals surface area contributed by atoms with Crippen LogP contribution in [0.5, 0.6) is 0 Å². The zero-order chi connectivity index (χ0) is 10.3. The number of hydrogen-bond donors (Lipinski definition) is 2. The van der Waals surface area contributed by atoms with E-state index in [4.69, 9.17) is 10.5 Å². The summed E-state index contributed by atoms with van der Waals surface area (Å²) in [6, 6.07) is 0. The first-order chi connectivity index (χ1) is 6.06. The van der Waals surface area contributed by atoms with Gasteiger partial charge in [0.05, 0.1) is 6.42 Å². The summed E-state index contributed by atoms with van der Waals surface area (Å²) in [5.74, 6) is -0.650. The Labute approximate surface area is 79.0 Å². The van der Waals surface area contributed by atoms with Crippen molar-refractivity contribution in [1.82, 2.24) is 0 Å². The lowest BCUT2D eigenvalue weighted by Crippen LogP contribution is -2.08. The molecule has 0 aliphatic heterocycles. The molecule has 0 bridgehead atoms. The van der Waals surface area contributed by atoms with Crippen LogP contribution in [-0.4, -0.2) is 16.8 Å². The number of nitrogens with one attached hydrogen (secondary N) is 1. The van der Waals surface area contributed by atoms with E-state index in [0.29, 0.717) is 12.1 Å². The largest absolute Gasteiger partial charge is 0.481 e. The van der Waals surface area contributed by atoms with E-state index < -0.39 is 5.97 Å². The highest BCUT2D eigenvalue weighted by Crippen LogP contribution is 2.06. The van der Waals surface area contributed by atoms with Crippen LogP contribution >= 0.6 is 0 Å². The molecule has 13 heavy (non-hydrogen) atoms. The molecule has 3 heteroatoms. The van der Waals surface area contributed by atoms with Crippen LogP contribution < -0.4 is 0 Å². The fraction of sp³-hybridized carbons (Fsp3) is 0.600. The van der Waals surface area contributed by atoms with E-state index in [1.54, 1.807) is 0 Å². The highest BCUT2D eigenvalue weighted by Gasteiger charge is 2.06. The molecule has 0 aromatic carbocycles. The van der Waals surface area contributed by atoms with Gasteiger partial charge in [0, 0.05) is 5.71 Å². The normalized spacial score (nSPS) is 13.1. The van der Waals surface area contributed by atoms with Crippen molar-refractivity contribution in [3.05, 3.63) is 12.2 Å². The number of carboxylic acid groups (broad SMARTS) is 1. The molecule has 74 valence electrons. The summed E-state index contributed by atoms with van der Waals surface area (Å²) >= 11 is 0. The van der Waals surface area contributed by atoms with E-state index >= 15 is 0 Å². The first kappa shape index (κ1) is 11.9. The van der Waals surface area contributed by atoms with Gasteiger partial charge in [-0.1, -0.05) is 26.0 Å². The number of aliphatic carboxylic acids is 1. The Balaban J connectivity index is 3.78. The number of rotatable bonds is 6. The second-order valence-corrected chi connectivity index (χ2v) is 3.19. The molecule has 0 radical (unpaired) electrons. The molecule has 0 rings (SSSR count). The molecule has 0 aromatic rings. The molecule has 0 aliphatic rings. The Kier molecular flexibility index (Phi) is 5.85. The summed E-state index contributed by atoms with van der Waals surface area (Å²) in [5, 5.41) is 15.8. The van der Waals surface area contributed by atoms with Gasteiger partial charge in [-0.3, -0.25) is 4.79 Å². The smallest absolute Gasteiger partial charge is 0.309 e. The van der Waals surface area contributed by atoms with Crippen molar-refractivity contribution in [3.8, 4) is 0 Å². The standard InChI is InChI=1S/C10H17NO2/c1-3-4-5-8(2)6-9(11)7-10(12)13/h4-5,8,11H,3,6-7H2,1-2H3,(H,12,13)/t8-/m1/s1. The van der Waals surface area contributed by atoms with Crippen molar-refractivity contribution in [3.63, 3.8) is 0 Å². The summed E-state index contributed by atoms with van der Waals surface area (Å²) in [6.07, 6.45) is 5.46. The molecule has 0 fully saturated rings. The summed E-state index contributed by atoms with van der Waals surface area (Å²) < 4.78 is 0. The molecule has 0 saturated carbocycles. The second kappa shape index (κ2) is 6.40. The van der Waals surface area contributed by atoms with Gasteiger partial charge in [-0.15, -0.1) is 0 Å². The van der Waals surface area contributed by atoms with Gasteiger partial charge in [0.1, 0.15) is 0 Å². The van der Waals surface area contributed by atoms with Crippen molar-refractivity contribution in [2.24, 2.45) is 5.92 Å². The van der Waals surface area contributed by atoms with Crippen LogP contribution in [0.1, 0.15) is 33.1 Å². The van der Waals surface area contributed by atoms with Crippen molar-refractivity contribution >= 4 is 11.7 Å². The number of hydrogen-bond acceptors (Lipinski definition) is 2. The Bertz CT molecular complexity index is 209. The van der Waals surface area contributed by atoms with Crippen LogP contribution in [-0.2, 0) is 4.79 Å². The third-order valence-corrected chi connectivity index (χ3v) is 1.63. The average molecular weight is 183 g/mol. The lowest BCUT2D eigenvalue weighted by molar-refractivity contribution is -0.135. The highest BCUT2D eigenvalue weighted by atomic mass is 16.4. The zero-order valence-electron chi connectivity index (χ0n) is 8.21. The molecule has 0 amide bonds. The van der Waals surface area contributed by atoms with Gasteiger partial charge in [0.15, 0.2) is 0 Å². The van der Waals surface area contributed by atoms with E-state index in [1.165, 1.54) is 0 Å². The molecule has 0 unspecified atom stereocenters. The minimum Gasteiger partial charge on any atom is -0.481 e. The molecule has 0 aliphatic carbocycles. The second-order valence-electron chi connectivity index (χ2n) is 3.19. The Morgan fingerprint density at radius 2 is 2.23 bits per heavy atom. The third kappa shape index (κ3) is 7.25. The summed E-state index contributed by atoms with van der Waals surface area (Å²) in [6.45, 7) is 4.04. The van der Waals surface area contributed by atoms with Crippen LogP contribution in [0, 0.1) is 11.3 Å². The number of allylic oxidation sites excluding steroid dienone is 2. The molecular weight excluding hydrogens is 166 g/mol. The molecule has 0 heterocycles. The van der Waals surface area contributed by atoms with Crippen molar-refractivity contribution in [2.75, 3.05) is 0 Å². The minimum atomic E-state index is -0.920. The van der Waals surface area contributed by atoms with E-state index in [0.717, 1.165) is 6.42 Å². The molecule has 2 N–H and O–H groups in total. The van der Waals surface area contributed by atoms with Crippen molar-refractivity contribution in [1.29, 1.82) is 5.41 Å². The van der Waals surface area contributed by atoms with Gasteiger partial charge in [-0.05, 0) is 18.8 Å². The third-order valence-electron chi connectivity index (χ3n) is 1.63. The van der Waals surface area contributed by atoms with Crippen molar-refractivity contribution in [2.45, 2.75) is 33.1 Å². The van der Waals surface area contributed by atoms with Crippen molar-refractivity contribution < 1.29 is 9.90 Å². The van der Waals surface area contributed by atoms with Crippen LogP contribution in [0.4, 0.5) is 0 Å². The van der Waals surface area contributed by atoms with Crippen LogP contribution in [0.2, 0.25) is 0 Å². The first-order valence-corrected chi connectivity index (χ1v) is 4.51. The van der Waals surface area contributed by atoms with Gasteiger partial charge in [-0.2, -0.15) is 0 Å². The number of carboxylic acids is 1. The maximum absolute atomic E-state index is 10.2. The molecule has 1 atom stereocenters. The SMILES string of the molecule is CCC=C[C@@H](C)CC(=N)CC(=O)O. The molecule has 0 aromatic heterocycles. The first-order valence-electron chi connectivity index (χ1n) is 4.51. The average Bonchev–Trinajstić information content (AvgIpc) is 1.98. The topological polar surface area (TPSA) is 61.2 Å². The lowest BCUT2D eigenvalue weighted by atomic mass is 10.0. The highest BCUT2D eigenvalue weighted by molar-refractivity contribution is 5.96. The van der Waals surface area contributed by atoms with Gasteiger partial charge < -0.3 is 10.5 Å². The fourth-order valence-electron chi connectivity index (χ4n) is 1.08. The molecular formula is C10H17NO2. The summed E-state index contributed by atoms with van der Waals surface area (Å²) in [4.78, 5) is 10.2. The predicted octanol–water partition coefficient (Wildman–Crippen LogP) is 2.47. The quantitative estimate of drug-likeness (QED) is 0.491. The van der Waals surface area contributed by atoms with E-state index in [9.17, 15) is 4.79 Å². The number of carbonyl (C=O) groups is 1. The maximum atomic E-state index is 10.2. The Morgan fingerprint density at radius 3 is 2.69 bits per heavy atom. The maximum Gasteiger partial charge on any atom is 0.309 e. The van der Waals surface area contributed by atoms with Gasteiger partial charge >= 0.3 is 5.97 Å². The lowest BCUT2D eigenvalue weighted by Gasteiger charge is -2.05. The fourth-order valence-corrected chi connectivity index (χ4v) is 1.08.